The second-order valence-corrected chi connectivity index (χ2v) is 6.07. The summed E-state index contributed by atoms with van der Waals surface area (Å²) in [5.74, 6) is 1.52. The van der Waals surface area contributed by atoms with Crippen molar-refractivity contribution in [1.82, 2.24) is 4.90 Å². The molecule has 0 heterocycles. The van der Waals surface area contributed by atoms with Crippen LogP contribution < -0.4 is 15.2 Å². The van der Waals surface area contributed by atoms with Crippen molar-refractivity contribution in [2.75, 3.05) is 34.4 Å². The summed E-state index contributed by atoms with van der Waals surface area (Å²) in [5, 5.41) is 0. The summed E-state index contributed by atoms with van der Waals surface area (Å²) in [7, 11) is 5.43. The van der Waals surface area contributed by atoms with Crippen molar-refractivity contribution < 1.29 is 9.47 Å². The fourth-order valence-corrected chi connectivity index (χ4v) is 2.24. The van der Waals surface area contributed by atoms with Crippen molar-refractivity contribution >= 4 is 0 Å². The minimum absolute atomic E-state index is 0.111. The first kappa shape index (κ1) is 16.8. The Balaban J connectivity index is 2.89. The van der Waals surface area contributed by atoms with Gasteiger partial charge in [-0.05, 0) is 43.6 Å². The molecule has 1 rings (SSSR count). The maximum atomic E-state index is 5.81. The van der Waals surface area contributed by atoms with Gasteiger partial charge in [0.25, 0.3) is 0 Å². The van der Waals surface area contributed by atoms with Crippen LogP contribution in [0.3, 0.4) is 0 Å². The van der Waals surface area contributed by atoms with E-state index in [4.69, 9.17) is 15.2 Å². The predicted molar refractivity (Wildman–Crippen MR) is 83.4 cm³/mol. The van der Waals surface area contributed by atoms with E-state index in [0.29, 0.717) is 12.6 Å². The van der Waals surface area contributed by atoms with Crippen molar-refractivity contribution in [3.8, 4) is 11.5 Å². The zero-order valence-corrected chi connectivity index (χ0v) is 13.6. The van der Waals surface area contributed by atoms with Gasteiger partial charge in [0.05, 0.1) is 14.2 Å². The third kappa shape index (κ3) is 4.12. The molecule has 114 valence electrons. The molecule has 0 saturated carbocycles. The molecule has 0 fully saturated rings. The molecule has 0 amide bonds. The van der Waals surface area contributed by atoms with E-state index in [9.17, 15) is 0 Å². The molecule has 0 aromatic heterocycles. The molecule has 1 aromatic carbocycles. The standard InChI is InChI=1S/C16H28N2O2/c1-12(18(4)11-16(2,3)10-17)13-7-8-14(19-5)15(9-13)20-6/h7-9,12H,10-11,17H2,1-6H3. The molecule has 20 heavy (non-hydrogen) atoms. The average molecular weight is 280 g/mol. The molecule has 0 aliphatic rings. The van der Waals surface area contributed by atoms with Gasteiger partial charge in [0, 0.05) is 12.6 Å². The van der Waals surface area contributed by atoms with Gasteiger partial charge in [0.1, 0.15) is 0 Å². The Morgan fingerprint density at radius 3 is 2.30 bits per heavy atom. The number of benzene rings is 1. The van der Waals surface area contributed by atoms with Crippen molar-refractivity contribution in [3.05, 3.63) is 23.8 Å². The van der Waals surface area contributed by atoms with Gasteiger partial charge in [-0.1, -0.05) is 19.9 Å². The van der Waals surface area contributed by atoms with Gasteiger partial charge in [0.15, 0.2) is 11.5 Å². The van der Waals surface area contributed by atoms with Crippen LogP contribution in [0.4, 0.5) is 0 Å². The first-order chi connectivity index (χ1) is 9.34. The summed E-state index contributed by atoms with van der Waals surface area (Å²) in [6.07, 6.45) is 0. The van der Waals surface area contributed by atoms with Crippen LogP contribution in [-0.2, 0) is 0 Å². The highest BCUT2D eigenvalue weighted by molar-refractivity contribution is 5.43. The van der Waals surface area contributed by atoms with Crippen LogP contribution in [0.5, 0.6) is 11.5 Å². The summed E-state index contributed by atoms with van der Waals surface area (Å²) in [6.45, 7) is 8.18. The zero-order valence-electron chi connectivity index (χ0n) is 13.6. The first-order valence-corrected chi connectivity index (χ1v) is 6.97. The van der Waals surface area contributed by atoms with E-state index in [1.165, 1.54) is 5.56 Å². The number of rotatable bonds is 7. The molecule has 0 bridgehead atoms. The number of ether oxygens (including phenoxy) is 2. The fourth-order valence-electron chi connectivity index (χ4n) is 2.24. The smallest absolute Gasteiger partial charge is 0.161 e. The molecule has 0 spiro atoms. The van der Waals surface area contributed by atoms with E-state index in [1.54, 1.807) is 14.2 Å². The number of hydrogen-bond donors (Lipinski definition) is 1. The zero-order chi connectivity index (χ0) is 15.3. The molecule has 4 nitrogen and oxygen atoms in total. The highest BCUT2D eigenvalue weighted by atomic mass is 16.5. The number of hydrogen-bond acceptors (Lipinski definition) is 4. The van der Waals surface area contributed by atoms with E-state index in [-0.39, 0.29) is 5.41 Å². The van der Waals surface area contributed by atoms with Gasteiger partial charge >= 0.3 is 0 Å². The third-order valence-electron chi connectivity index (χ3n) is 3.78. The monoisotopic (exact) mass is 280 g/mol. The fraction of sp³-hybridized carbons (Fsp3) is 0.625. The van der Waals surface area contributed by atoms with E-state index < -0.39 is 0 Å². The Morgan fingerprint density at radius 1 is 1.20 bits per heavy atom. The molecule has 1 atom stereocenters. The first-order valence-electron chi connectivity index (χ1n) is 6.97. The average Bonchev–Trinajstić information content (AvgIpc) is 2.45. The Morgan fingerprint density at radius 2 is 1.80 bits per heavy atom. The lowest BCUT2D eigenvalue weighted by atomic mass is 9.92. The SMILES string of the molecule is COc1ccc(C(C)N(C)CC(C)(C)CN)cc1OC. The Hall–Kier alpha value is -1.26. The van der Waals surface area contributed by atoms with Crippen LogP contribution >= 0.6 is 0 Å². The van der Waals surface area contributed by atoms with E-state index >= 15 is 0 Å². The van der Waals surface area contributed by atoms with E-state index in [0.717, 1.165) is 18.0 Å². The summed E-state index contributed by atoms with van der Waals surface area (Å²) >= 11 is 0. The predicted octanol–water partition coefficient (Wildman–Crippen LogP) is 2.68. The Bertz CT molecular complexity index is 432. The van der Waals surface area contributed by atoms with Crippen LogP contribution in [0.25, 0.3) is 0 Å². The molecular weight excluding hydrogens is 252 g/mol. The second-order valence-electron chi connectivity index (χ2n) is 6.07. The van der Waals surface area contributed by atoms with Gasteiger partial charge in [-0.2, -0.15) is 0 Å². The van der Waals surface area contributed by atoms with Crippen LogP contribution in [0.15, 0.2) is 18.2 Å². The topological polar surface area (TPSA) is 47.7 Å². The number of nitrogens with zero attached hydrogens (tertiary/aromatic N) is 1. The Kier molecular flexibility index (Phi) is 5.84. The molecule has 4 heteroatoms. The van der Waals surface area contributed by atoms with Crippen molar-refractivity contribution in [1.29, 1.82) is 0 Å². The Labute approximate surface area is 122 Å². The van der Waals surface area contributed by atoms with Crippen molar-refractivity contribution in [2.45, 2.75) is 26.8 Å². The molecule has 0 saturated heterocycles. The van der Waals surface area contributed by atoms with Gasteiger partial charge < -0.3 is 15.2 Å². The van der Waals surface area contributed by atoms with Crippen molar-refractivity contribution in [2.24, 2.45) is 11.1 Å². The van der Waals surface area contributed by atoms with Crippen LogP contribution in [0.2, 0.25) is 0 Å². The lowest BCUT2D eigenvalue weighted by Gasteiger charge is -2.33. The van der Waals surface area contributed by atoms with Crippen LogP contribution in [-0.4, -0.2) is 39.3 Å². The highest BCUT2D eigenvalue weighted by Crippen LogP contribution is 2.32. The maximum absolute atomic E-state index is 5.81. The largest absolute Gasteiger partial charge is 0.493 e. The van der Waals surface area contributed by atoms with E-state index in [2.05, 4.69) is 38.8 Å². The summed E-state index contributed by atoms with van der Waals surface area (Å²) in [4.78, 5) is 2.31. The third-order valence-corrected chi connectivity index (χ3v) is 3.78. The quantitative estimate of drug-likeness (QED) is 0.834. The maximum Gasteiger partial charge on any atom is 0.161 e. The summed E-state index contributed by atoms with van der Waals surface area (Å²) < 4.78 is 10.6. The highest BCUT2D eigenvalue weighted by Gasteiger charge is 2.22. The normalized spacial score (nSPS) is 13.4. The molecular formula is C16H28N2O2. The summed E-state index contributed by atoms with van der Waals surface area (Å²) in [5.41, 5.74) is 7.13. The number of nitrogens with two attached hydrogens (primary N) is 1. The molecule has 2 N–H and O–H groups in total. The molecule has 1 aromatic rings. The van der Waals surface area contributed by atoms with Crippen LogP contribution in [0.1, 0.15) is 32.4 Å². The minimum Gasteiger partial charge on any atom is -0.493 e. The van der Waals surface area contributed by atoms with Crippen LogP contribution in [0, 0.1) is 5.41 Å². The number of methoxy groups -OCH3 is 2. The summed E-state index contributed by atoms with van der Waals surface area (Å²) in [6, 6.07) is 6.36. The second kappa shape index (κ2) is 6.95. The lowest BCUT2D eigenvalue weighted by Crippen LogP contribution is -2.37. The van der Waals surface area contributed by atoms with Gasteiger partial charge in [-0.15, -0.1) is 0 Å². The van der Waals surface area contributed by atoms with E-state index in [1.807, 2.05) is 12.1 Å². The van der Waals surface area contributed by atoms with Crippen molar-refractivity contribution in [3.63, 3.8) is 0 Å². The minimum atomic E-state index is 0.111. The molecule has 0 radical (unpaired) electrons. The van der Waals surface area contributed by atoms with Gasteiger partial charge in [-0.3, -0.25) is 4.90 Å². The molecule has 0 aliphatic carbocycles. The molecule has 0 aliphatic heterocycles. The van der Waals surface area contributed by atoms with Gasteiger partial charge in [-0.25, -0.2) is 0 Å². The lowest BCUT2D eigenvalue weighted by molar-refractivity contribution is 0.174. The van der Waals surface area contributed by atoms with Gasteiger partial charge in [0.2, 0.25) is 0 Å². The molecule has 1 unspecified atom stereocenters.